The molecule has 2 rings (SSSR count). The largest absolute Gasteiger partial charge is 0.435 e. The molecule has 2 aromatic rings. The molecule has 102 valence electrons. The van der Waals surface area contributed by atoms with Crippen molar-refractivity contribution in [3.8, 4) is 5.69 Å². The highest BCUT2D eigenvalue weighted by atomic mass is 19.4. The molecule has 1 atom stereocenters. The number of para-hydroxylation sites is 1. The summed E-state index contributed by atoms with van der Waals surface area (Å²) in [5.74, 6) is 0. The summed E-state index contributed by atoms with van der Waals surface area (Å²) in [6.07, 6.45) is -3.48. The Morgan fingerprint density at radius 3 is 2.53 bits per heavy atom. The third kappa shape index (κ3) is 2.78. The van der Waals surface area contributed by atoms with Crippen molar-refractivity contribution in [2.24, 2.45) is 0 Å². The van der Waals surface area contributed by atoms with E-state index in [1.807, 2.05) is 0 Å². The van der Waals surface area contributed by atoms with Gasteiger partial charge in [-0.3, -0.25) is 0 Å². The maximum absolute atomic E-state index is 12.5. The quantitative estimate of drug-likeness (QED) is 0.929. The van der Waals surface area contributed by atoms with E-state index in [1.54, 1.807) is 31.2 Å². The molecule has 1 aromatic heterocycles. The highest BCUT2D eigenvalue weighted by Gasteiger charge is 2.33. The van der Waals surface area contributed by atoms with Crippen LogP contribution in [0, 0.1) is 0 Å². The van der Waals surface area contributed by atoms with Gasteiger partial charge in [-0.15, -0.1) is 0 Å². The van der Waals surface area contributed by atoms with Crippen LogP contribution >= 0.6 is 0 Å². The van der Waals surface area contributed by atoms with E-state index in [0.717, 1.165) is 10.7 Å². The number of rotatable bonds is 3. The summed E-state index contributed by atoms with van der Waals surface area (Å²) in [6.45, 7) is 1.80. The van der Waals surface area contributed by atoms with Crippen LogP contribution in [0.3, 0.4) is 0 Å². The Balaban J connectivity index is 2.45. The summed E-state index contributed by atoms with van der Waals surface area (Å²) in [6, 6.07) is 7.64. The Kier molecular flexibility index (Phi) is 3.61. The molecule has 0 spiro atoms. The van der Waals surface area contributed by atoms with Gasteiger partial charge in [-0.1, -0.05) is 25.1 Å². The number of aromatic nitrogens is 2. The second kappa shape index (κ2) is 5.05. The Labute approximate surface area is 108 Å². The van der Waals surface area contributed by atoms with Gasteiger partial charge in [0.05, 0.1) is 11.8 Å². The van der Waals surface area contributed by atoms with Crippen molar-refractivity contribution in [3.05, 3.63) is 47.8 Å². The standard InChI is InChI=1S/C13H13F3N2O/c1-2-11(19)9-5-3-4-6-10(9)18-8-7-12(17-18)13(14,15)16/h3-8,11,19H,2H2,1H3/t11-/m0/s1. The van der Waals surface area contributed by atoms with Crippen LogP contribution in [0.15, 0.2) is 36.5 Å². The highest BCUT2D eigenvalue weighted by molar-refractivity contribution is 5.41. The van der Waals surface area contributed by atoms with E-state index >= 15 is 0 Å². The van der Waals surface area contributed by atoms with Gasteiger partial charge in [0.25, 0.3) is 0 Å². The SMILES string of the molecule is CC[C@H](O)c1ccccc1-n1ccc(C(F)(F)F)n1. The number of benzene rings is 1. The van der Waals surface area contributed by atoms with Crippen molar-refractivity contribution >= 4 is 0 Å². The van der Waals surface area contributed by atoms with Crippen LogP contribution in [0.2, 0.25) is 0 Å². The summed E-state index contributed by atoms with van der Waals surface area (Å²) in [7, 11) is 0. The zero-order chi connectivity index (χ0) is 14.0. The molecule has 3 nitrogen and oxygen atoms in total. The molecule has 1 heterocycles. The molecular formula is C13H13F3N2O. The Bertz CT molecular complexity index is 563. The van der Waals surface area contributed by atoms with Crippen molar-refractivity contribution in [3.63, 3.8) is 0 Å². The van der Waals surface area contributed by atoms with E-state index in [1.165, 1.54) is 6.20 Å². The van der Waals surface area contributed by atoms with E-state index in [0.29, 0.717) is 17.7 Å². The van der Waals surface area contributed by atoms with Gasteiger partial charge < -0.3 is 5.11 Å². The lowest BCUT2D eigenvalue weighted by atomic mass is 10.1. The minimum Gasteiger partial charge on any atom is -0.388 e. The van der Waals surface area contributed by atoms with Crippen LogP contribution in [0.4, 0.5) is 13.2 Å². The number of hydrogen-bond donors (Lipinski definition) is 1. The van der Waals surface area contributed by atoms with Gasteiger partial charge in [-0.25, -0.2) is 4.68 Å². The number of aliphatic hydroxyl groups excluding tert-OH is 1. The third-order valence-electron chi connectivity index (χ3n) is 2.81. The molecule has 0 fully saturated rings. The first kappa shape index (κ1) is 13.6. The number of aliphatic hydroxyl groups is 1. The minimum absolute atomic E-state index is 0.451. The van der Waals surface area contributed by atoms with Crippen LogP contribution in [-0.4, -0.2) is 14.9 Å². The summed E-state index contributed by atoms with van der Waals surface area (Å²) in [4.78, 5) is 0. The number of hydrogen-bond acceptors (Lipinski definition) is 2. The smallest absolute Gasteiger partial charge is 0.388 e. The Morgan fingerprint density at radius 2 is 1.95 bits per heavy atom. The first-order valence-corrected chi connectivity index (χ1v) is 5.83. The molecule has 19 heavy (non-hydrogen) atoms. The van der Waals surface area contributed by atoms with Gasteiger partial charge >= 0.3 is 6.18 Å². The van der Waals surface area contributed by atoms with Crippen molar-refractivity contribution < 1.29 is 18.3 Å². The molecule has 6 heteroatoms. The molecule has 0 saturated carbocycles. The van der Waals surface area contributed by atoms with E-state index in [2.05, 4.69) is 5.10 Å². The van der Waals surface area contributed by atoms with Gasteiger partial charge in [-0.2, -0.15) is 18.3 Å². The molecule has 0 unspecified atom stereocenters. The topological polar surface area (TPSA) is 38.0 Å². The highest BCUT2D eigenvalue weighted by Crippen LogP contribution is 2.29. The number of nitrogens with zero attached hydrogens (tertiary/aromatic N) is 2. The van der Waals surface area contributed by atoms with E-state index < -0.39 is 18.0 Å². The molecule has 0 aliphatic rings. The van der Waals surface area contributed by atoms with Crippen molar-refractivity contribution in [2.75, 3.05) is 0 Å². The number of alkyl halides is 3. The fourth-order valence-corrected chi connectivity index (χ4v) is 1.81. The average molecular weight is 270 g/mol. The van der Waals surface area contributed by atoms with Crippen LogP contribution in [0.1, 0.15) is 30.7 Å². The number of halogens is 3. The third-order valence-corrected chi connectivity index (χ3v) is 2.81. The summed E-state index contributed by atoms with van der Waals surface area (Å²) < 4.78 is 38.7. The molecule has 0 saturated heterocycles. The minimum atomic E-state index is -4.47. The first-order chi connectivity index (χ1) is 8.93. The Hall–Kier alpha value is -1.82. The summed E-state index contributed by atoms with van der Waals surface area (Å²) in [5.41, 5.74) is 0.0578. The predicted octanol–water partition coefficient (Wildman–Crippen LogP) is 3.33. The van der Waals surface area contributed by atoms with Crippen LogP contribution in [0.5, 0.6) is 0 Å². The fraction of sp³-hybridized carbons (Fsp3) is 0.308. The maximum atomic E-state index is 12.5. The summed E-state index contributed by atoms with van der Waals surface area (Å²) in [5, 5.41) is 13.4. The normalized spacial score (nSPS) is 13.5. The van der Waals surface area contributed by atoms with Crippen molar-refractivity contribution in [1.82, 2.24) is 9.78 Å². The first-order valence-electron chi connectivity index (χ1n) is 5.83. The lowest BCUT2D eigenvalue weighted by molar-refractivity contribution is -0.141. The molecule has 1 aromatic carbocycles. The van der Waals surface area contributed by atoms with Crippen LogP contribution in [0.25, 0.3) is 5.69 Å². The fourth-order valence-electron chi connectivity index (χ4n) is 1.81. The maximum Gasteiger partial charge on any atom is 0.435 e. The van der Waals surface area contributed by atoms with E-state index in [-0.39, 0.29) is 0 Å². The Morgan fingerprint density at radius 1 is 1.26 bits per heavy atom. The van der Waals surface area contributed by atoms with Gasteiger partial charge in [0.15, 0.2) is 5.69 Å². The van der Waals surface area contributed by atoms with E-state index in [9.17, 15) is 18.3 Å². The molecule has 0 aliphatic carbocycles. The second-order valence-electron chi connectivity index (χ2n) is 4.13. The van der Waals surface area contributed by atoms with Gasteiger partial charge in [-0.05, 0) is 18.6 Å². The molecule has 1 N–H and O–H groups in total. The predicted molar refractivity (Wildman–Crippen MR) is 63.8 cm³/mol. The molecule has 0 radical (unpaired) electrons. The molecular weight excluding hydrogens is 257 g/mol. The zero-order valence-corrected chi connectivity index (χ0v) is 10.2. The average Bonchev–Trinajstić information content (AvgIpc) is 2.87. The summed E-state index contributed by atoms with van der Waals surface area (Å²) >= 11 is 0. The van der Waals surface area contributed by atoms with Gasteiger partial charge in [0.1, 0.15) is 0 Å². The lowest BCUT2D eigenvalue weighted by Gasteiger charge is -2.13. The van der Waals surface area contributed by atoms with Crippen LogP contribution < -0.4 is 0 Å². The van der Waals surface area contributed by atoms with Gasteiger partial charge in [0, 0.05) is 11.8 Å². The molecule has 0 bridgehead atoms. The van der Waals surface area contributed by atoms with E-state index in [4.69, 9.17) is 0 Å². The zero-order valence-electron chi connectivity index (χ0n) is 10.2. The second-order valence-corrected chi connectivity index (χ2v) is 4.13. The van der Waals surface area contributed by atoms with Crippen molar-refractivity contribution in [1.29, 1.82) is 0 Å². The molecule has 0 aliphatic heterocycles. The van der Waals surface area contributed by atoms with Crippen molar-refractivity contribution in [2.45, 2.75) is 25.6 Å². The lowest BCUT2D eigenvalue weighted by Crippen LogP contribution is -2.09. The van der Waals surface area contributed by atoms with Crippen LogP contribution in [-0.2, 0) is 6.18 Å². The monoisotopic (exact) mass is 270 g/mol. The molecule has 0 amide bonds. The van der Waals surface area contributed by atoms with Gasteiger partial charge in [0.2, 0.25) is 0 Å².